The topological polar surface area (TPSA) is 55.4 Å². The summed E-state index contributed by atoms with van der Waals surface area (Å²) < 4.78 is 4.49. The Morgan fingerprint density at radius 1 is 1.36 bits per heavy atom. The van der Waals surface area contributed by atoms with Crippen LogP contribution in [-0.4, -0.2) is 25.0 Å². The molecule has 0 radical (unpaired) electrons. The van der Waals surface area contributed by atoms with Gasteiger partial charge in [-0.05, 0) is 25.7 Å². The highest BCUT2D eigenvalue weighted by Crippen LogP contribution is 2.28. The maximum absolute atomic E-state index is 11.3. The molecule has 1 amide bonds. The summed E-state index contributed by atoms with van der Waals surface area (Å²) in [6.07, 6.45) is 3.83. The zero-order valence-electron chi connectivity index (χ0n) is 8.71. The number of rotatable bonds is 3. The van der Waals surface area contributed by atoms with E-state index in [1.165, 1.54) is 14.0 Å². The molecule has 0 aromatic rings. The molecule has 0 aromatic carbocycles. The van der Waals surface area contributed by atoms with Crippen molar-refractivity contribution in [1.82, 2.24) is 5.32 Å². The predicted octanol–water partition coefficient (Wildman–Crippen LogP) is 1.49. The average molecular weight is 199 g/mol. The van der Waals surface area contributed by atoms with Gasteiger partial charge in [0.25, 0.3) is 0 Å². The maximum atomic E-state index is 11.3. The lowest BCUT2D eigenvalue weighted by Crippen LogP contribution is -2.44. The molecule has 80 valence electrons. The van der Waals surface area contributed by atoms with Crippen molar-refractivity contribution in [3.05, 3.63) is 0 Å². The van der Waals surface area contributed by atoms with Gasteiger partial charge in [-0.25, -0.2) is 4.79 Å². The Hall–Kier alpha value is -1.06. The molecule has 1 aliphatic rings. The van der Waals surface area contributed by atoms with Crippen LogP contribution >= 0.6 is 0 Å². The van der Waals surface area contributed by atoms with Gasteiger partial charge in [-0.15, -0.1) is 0 Å². The molecule has 0 aliphatic heterocycles. The molecule has 0 spiro atoms. The van der Waals surface area contributed by atoms with Gasteiger partial charge in [0.05, 0.1) is 13.2 Å². The van der Waals surface area contributed by atoms with Crippen molar-refractivity contribution in [1.29, 1.82) is 0 Å². The summed E-state index contributed by atoms with van der Waals surface area (Å²) in [7, 11) is 1.31. The fourth-order valence-corrected chi connectivity index (χ4v) is 2.03. The van der Waals surface area contributed by atoms with Crippen LogP contribution in [-0.2, 0) is 9.53 Å². The highest BCUT2D eigenvalue weighted by atomic mass is 16.5. The fraction of sp³-hybridized carbons (Fsp3) is 0.800. The lowest BCUT2D eigenvalue weighted by Gasteiger charge is -2.21. The van der Waals surface area contributed by atoms with Gasteiger partial charge in [-0.1, -0.05) is 12.8 Å². The molecule has 4 nitrogen and oxygen atoms in total. The van der Waals surface area contributed by atoms with Crippen molar-refractivity contribution in [3.63, 3.8) is 0 Å². The Balaban J connectivity index is 2.54. The first-order valence-corrected chi connectivity index (χ1v) is 5.00. The summed E-state index contributed by atoms with van der Waals surface area (Å²) in [6, 6.07) is -0.357. The van der Waals surface area contributed by atoms with Crippen LogP contribution in [0.1, 0.15) is 32.6 Å². The smallest absolute Gasteiger partial charge is 0.407 e. The number of methoxy groups -OCH3 is 1. The Labute approximate surface area is 84.0 Å². The number of amides is 1. The second-order valence-electron chi connectivity index (χ2n) is 3.77. The summed E-state index contributed by atoms with van der Waals surface area (Å²) >= 11 is 0. The van der Waals surface area contributed by atoms with Gasteiger partial charge in [-0.2, -0.15) is 0 Å². The van der Waals surface area contributed by atoms with E-state index in [2.05, 4.69) is 10.1 Å². The molecule has 1 rings (SSSR count). The Morgan fingerprint density at radius 2 is 1.93 bits per heavy atom. The minimum atomic E-state index is -0.517. The lowest BCUT2D eigenvalue weighted by molar-refractivity contribution is -0.120. The van der Waals surface area contributed by atoms with Gasteiger partial charge < -0.3 is 10.1 Å². The molecule has 0 saturated heterocycles. The molecule has 0 aromatic heterocycles. The van der Waals surface area contributed by atoms with E-state index < -0.39 is 6.09 Å². The molecule has 1 saturated carbocycles. The number of alkyl carbamates (subject to hydrolysis) is 1. The van der Waals surface area contributed by atoms with E-state index in [0.717, 1.165) is 25.7 Å². The Kier molecular flexibility index (Phi) is 3.92. The van der Waals surface area contributed by atoms with E-state index in [0.29, 0.717) is 5.92 Å². The number of carbonyl (C=O) groups is 2. The average Bonchev–Trinajstić information content (AvgIpc) is 2.65. The minimum Gasteiger partial charge on any atom is -0.453 e. The quantitative estimate of drug-likeness (QED) is 0.749. The molecule has 1 unspecified atom stereocenters. The molecule has 0 heterocycles. The first-order valence-electron chi connectivity index (χ1n) is 5.00. The van der Waals surface area contributed by atoms with Crippen molar-refractivity contribution < 1.29 is 14.3 Å². The highest BCUT2D eigenvalue weighted by Gasteiger charge is 2.29. The minimum absolute atomic E-state index is 0.0160. The van der Waals surface area contributed by atoms with Gasteiger partial charge in [0, 0.05) is 0 Å². The zero-order chi connectivity index (χ0) is 10.6. The van der Waals surface area contributed by atoms with Crippen LogP contribution in [0.2, 0.25) is 0 Å². The standard InChI is InChI=1S/C10H17NO3/c1-7(12)9(11-10(13)14-2)8-5-3-4-6-8/h8-9H,3-6H2,1-2H3,(H,11,13). The molecular formula is C10H17NO3. The third-order valence-corrected chi connectivity index (χ3v) is 2.77. The van der Waals surface area contributed by atoms with Gasteiger partial charge in [0.2, 0.25) is 0 Å². The largest absolute Gasteiger partial charge is 0.453 e. The van der Waals surface area contributed by atoms with Crippen molar-refractivity contribution >= 4 is 11.9 Å². The number of Topliss-reactive ketones (excluding diaryl/α,β-unsaturated/α-hetero) is 1. The van der Waals surface area contributed by atoms with Crippen molar-refractivity contribution in [2.45, 2.75) is 38.6 Å². The fourth-order valence-electron chi connectivity index (χ4n) is 2.03. The molecule has 1 N–H and O–H groups in total. The van der Waals surface area contributed by atoms with Crippen LogP contribution < -0.4 is 5.32 Å². The van der Waals surface area contributed by atoms with Crippen molar-refractivity contribution in [2.75, 3.05) is 7.11 Å². The molecule has 1 aliphatic carbocycles. The normalized spacial score (nSPS) is 19.0. The first kappa shape index (κ1) is 11.0. The van der Waals surface area contributed by atoms with Gasteiger partial charge in [-0.3, -0.25) is 4.79 Å². The van der Waals surface area contributed by atoms with E-state index >= 15 is 0 Å². The van der Waals surface area contributed by atoms with E-state index in [1.807, 2.05) is 0 Å². The summed E-state index contributed by atoms with van der Waals surface area (Å²) in [4.78, 5) is 22.3. The second kappa shape index (κ2) is 4.98. The molecule has 1 fully saturated rings. The van der Waals surface area contributed by atoms with Gasteiger partial charge in [0.15, 0.2) is 5.78 Å². The molecule has 4 heteroatoms. The molecular weight excluding hydrogens is 182 g/mol. The number of nitrogens with one attached hydrogen (secondary N) is 1. The monoisotopic (exact) mass is 199 g/mol. The molecule has 1 atom stereocenters. The van der Waals surface area contributed by atoms with E-state index in [-0.39, 0.29) is 11.8 Å². The van der Waals surface area contributed by atoms with Crippen LogP contribution in [0.3, 0.4) is 0 Å². The zero-order valence-corrected chi connectivity index (χ0v) is 8.71. The second-order valence-corrected chi connectivity index (χ2v) is 3.77. The number of ketones is 1. The summed E-state index contributed by atoms with van der Waals surface area (Å²) in [5.74, 6) is 0.314. The van der Waals surface area contributed by atoms with Crippen molar-refractivity contribution in [3.8, 4) is 0 Å². The SMILES string of the molecule is COC(=O)NC(C(C)=O)C1CCCC1. The van der Waals surface area contributed by atoms with E-state index in [4.69, 9.17) is 0 Å². The van der Waals surface area contributed by atoms with E-state index in [9.17, 15) is 9.59 Å². The summed E-state index contributed by atoms with van der Waals surface area (Å²) in [5, 5.41) is 2.60. The van der Waals surface area contributed by atoms with Crippen molar-refractivity contribution in [2.24, 2.45) is 5.92 Å². The van der Waals surface area contributed by atoms with Crippen LogP contribution in [0.25, 0.3) is 0 Å². The third-order valence-electron chi connectivity index (χ3n) is 2.77. The first-order chi connectivity index (χ1) is 6.65. The third kappa shape index (κ3) is 2.72. The number of hydrogen-bond donors (Lipinski definition) is 1. The van der Waals surface area contributed by atoms with Gasteiger partial charge in [0.1, 0.15) is 0 Å². The maximum Gasteiger partial charge on any atom is 0.407 e. The summed E-state index contributed by atoms with van der Waals surface area (Å²) in [6.45, 7) is 1.51. The van der Waals surface area contributed by atoms with Crippen LogP contribution in [0, 0.1) is 5.92 Å². The van der Waals surface area contributed by atoms with Crippen LogP contribution in [0.15, 0.2) is 0 Å². The summed E-state index contributed by atoms with van der Waals surface area (Å²) in [5.41, 5.74) is 0. The van der Waals surface area contributed by atoms with Crippen LogP contribution in [0.4, 0.5) is 4.79 Å². The van der Waals surface area contributed by atoms with Gasteiger partial charge >= 0.3 is 6.09 Å². The number of ether oxygens (including phenoxy) is 1. The Bertz CT molecular complexity index is 221. The van der Waals surface area contributed by atoms with E-state index in [1.54, 1.807) is 0 Å². The Morgan fingerprint density at radius 3 is 2.36 bits per heavy atom. The number of hydrogen-bond acceptors (Lipinski definition) is 3. The number of carbonyl (C=O) groups excluding carboxylic acids is 2. The molecule has 0 bridgehead atoms. The highest BCUT2D eigenvalue weighted by molar-refractivity contribution is 5.85. The molecule has 14 heavy (non-hydrogen) atoms. The van der Waals surface area contributed by atoms with Crippen LogP contribution in [0.5, 0.6) is 0 Å². The predicted molar refractivity (Wildman–Crippen MR) is 52.0 cm³/mol. The lowest BCUT2D eigenvalue weighted by atomic mass is 9.95.